The molecule has 0 spiro atoms. The van der Waals surface area contributed by atoms with Crippen molar-refractivity contribution in [2.75, 3.05) is 7.11 Å². The molecular weight excluding hydrogens is 358 g/mol. The molecule has 1 aromatic heterocycles. The molecule has 7 heteroatoms. The molecule has 1 heterocycles. The first-order valence-corrected chi connectivity index (χ1v) is 8.73. The smallest absolute Gasteiger partial charge is 0.266 e. The van der Waals surface area contributed by atoms with Gasteiger partial charge in [0.25, 0.3) is 5.56 Å². The summed E-state index contributed by atoms with van der Waals surface area (Å²) in [6, 6.07) is 14.3. The van der Waals surface area contributed by atoms with Gasteiger partial charge in [-0.3, -0.25) is 9.36 Å². The molecule has 2 aromatic carbocycles. The molecule has 0 aliphatic heterocycles. The molecule has 126 valence electrons. The minimum absolute atomic E-state index is 0.237. The number of ether oxygens (including phenoxy) is 1. The summed E-state index contributed by atoms with van der Waals surface area (Å²) in [5.74, 6) is 0.547. The zero-order valence-electron chi connectivity index (χ0n) is 13.6. The molecule has 0 unspecified atom stereocenters. The number of benzene rings is 2. The average molecular weight is 372 g/mol. The first-order valence-electron chi connectivity index (χ1n) is 7.47. The van der Waals surface area contributed by atoms with Crippen LogP contribution in [0.25, 0.3) is 16.6 Å². The van der Waals surface area contributed by atoms with E-state index in [1.165, 1.54) is 16.3 Å². The van der Waals surface area contributed by atoms with E-state index in [2.05, 4.69) is 11.1 Å². The van der Waals surface area contributed by atoms with E-state index in [9.17, 15) is 4.79 Å². The van der Waals surface area contributed by atoms with Gasteiger partial charge in [-0.15, -0.1) is 0 Å². The summed E-state index contributed by atoms with van der Waals surface area (Å²) in [6.07, 6.45) is 0. The Kier molecular flexibility index (Phi) is 4.98. The van der Waals surface area contributed by atoms with Gasteiger partial charge in [0, 0.05) is 5.02 Å². The zero-order valence-corrected chi connectivity index (χ0v) is 15.1. The third-order valence-corrected chi connectivity index (χ3v) is 4.77. The summed E-state index contributed by atoms with van der Waals surface area (Å²) in [5.41, 5.74) is 0.835. The van der Waals surface area contributed by atoms with Crippen LogP contribution in [0.2, 0.25) is 5.02 Å². The van der Waals surface area contributed by atoms with Crippen molar-refractivity contribution < 1.29 is 4.74 Å². The summed E-state index contributed by atoms with van der Waals surface area (Å²) in [6.45, 7) is 1.76. The van der Waals surface area contributed by atoms with E-state index in [1.54, 1.807) is 44.4 Å². The maximum Gasteiger partial charge on any atom is 0.266 e. The largest absolute Gasteiger partial charge is 0.495 e. The molecule has 3 rings (SSSR count). The number of rotatable bonds is 4. The number of nitriles is 1. The Bertz CT molecular complexity index is 1040. The third kappa shape index (κ3) is 3.34. The van der Waals surface area contributed by atoms with Crippen LogP contribution in [0.5, 0.6) is 5.75 Å². The van der Waals surface area contributed by atoms with Crippen LogP contribution in [0.1, 0.15) is 6.92 Å². The van der Waals surface area contributed by atoms with Crippen molar-refractivity contribution in [3.63, 3.8) is 0 Å². The van der Waals surface area contributed by atoms with Crippen LogP contribution in [0.15, 0.2) is 52.4 Å². The zero-order chi connectivity index (χ0) is 18.0. The summed E-state index contributed by atoms with van der Waals surface area (Å²) in [5, 5.41) is 10.1. The van der Waals surface area contributed by atoms with Crippen molar-refractivity contribution in [3.05, 3.63) is 57.8 Å². The Hall–Kier alpha value is -2.49. The van der Waals surface area contributed by atoms with E-state index >= 15 is 0 Å². The molecule has 0 aliphatic rings. The highest BCUT2D eigenvalue weighted by atomic mass is 35.5. The first kappa shape index (κ1) is 17.3. The van der Waals surface area contributed by atoms with Gasteiger partial charge in [-0.25, -0.2) is 4.98 Å². The van der Waals surface area contributed by atoms with Crippen LogP contribution in [0, 0.1) is 11.3 Å². The number of aromatic nitrogens is 2. The van der Waals surface area contributed by atoms with Crippen LogP contribution in [0.4, 0.5) is 0 Å². The molecule has 0 aliphatic carbocycles. The van der Waals surface area contributed by atoms with E-state index in [0.717, 1.165) is 0 Å². The maximum atomic E-state index is 13.1. The van der Waals surface area contributed by atoms with Gasteiger partial charge in [0.2, 0.25) is 0 Å². The Labute approximate surface area is 153 Å². The lowest BCUT2D eigenvalue weighted by Crippen LogP contribution is -2.22. The number of halogens is 1. The number of methoxy groups -OCH3 is 1. The Morgan fingerprint density at radius 2 is 2.08 bits per heavy atom. The number of fused-ring (bicyclic) bond motifs is 1. The van der Waals surface area contributed by atoms with Crippen LogP contribution in [-0.2, 0) is 0 Å². The van der Waals surface area contributed by atoms with Crippen molar-refractivity contribution in [1.82, 2.24) is 9.55 Å². The predicted molar refractivity (Wildman–Crippen MR) is 99.8 cm³/mol. The van der Waals surface area contributed by atoms with Crippen molar-refractivity contribution >= 4 is 34.3 Å². The SMILES string of the molecule is COc1ccccc1-n1c(S[C@@H](C)C#N)nc2cc(Cl)ccc2c1=O. The second kappa shape index (κ2) is 7.18. The standard InChI is InChI=1S/C18H14ClN3O2S/c1-11(10-20)25-18-21-14-9-12(19)7-8-13(14)17(23)22(18)15-5-3-4-6-16(15)24-2/h3-9,11H,1-2H3/t11-/m0/s1. The molecule has 1 atom stereocenters. The van der Waals surface area contributed by atoms with Crippen molar-refractivity contribution in [3.8, 4) is 17.5 Å². The summed E-state index contributed by atoms with van der Waals surface area (Å²) >= 11 is 7.24. The van der Waals surface area contributed by atoms with Gasteiger partial charge in [0.1, 0.15) is 5.75 Å². The Morgan fingerprint density at radius 1 is 1.32 bits per heavy atom. The number of nitrogens with zero attached hydrogens (tertiary/aromatic N) is 3. The second-order valence-corrected chi connectivity index (χ2v) is 7.00. The number of thioether (sulfide) groups is 1. The van der Waals surface area contributed by atoms with Crippen molar-refractivity contribution in [1.29, 1.82) is 5.26 Å². The number of hydrogen-bond donors (Lipinski definition) is 0. The molecule has 0 radical (unpaired) electrons. The fourth-order valence-electron chi connectivity index (χ4n) is 2.43. The van der Waals surface area contributed by atoms with E-state index in [-0.39, 0.29) is 10.8 Å². The van der Waals surface area contributed by atoms with Gasteiger partial charge in [0.05, 0.1) is 35.0 Å². The Morgan fingerprint density at radius 3 is 2.80 bits per heavy atom. The molecule has 0 saturated heterocycles. The Balaban J connectivity index is 2.37. The fourth-order valence-corrected chi connectivity index (χ4v) is 3.40. The molecule has 5 nitrogen and oxygen atoms in total. The van der Waals surface area contributed by atoms with Gasteiger partial charge in [-0.05, 0) is 37.3 Å². The second-order valence-electron chi connectivity index (χ2n) is 5.26. The molecule has 0 amide bonds. The summed E-state index contributed by atoms with van der Waals surface area (Å²) < 4.78 is 6.87. The minimum atomic E-state index is -0.371. The lowest BCUT2D eigenvalue weighted by atomic mass is 10.2. The number of hydrogen-bond acceptors (Lipinski definition) is 5. The van der Waals surface area contributed by atoms with E-state index < -0.39 is 0 Å². The van der Waals surface area contributed by atoms with Crippen LogP contribution >= 0.6 is 23.4 Å². The lowest BCUT2D eigenvalue weighted by Gasteiger charge is -2.16. The summed E-state index contributed by atoms with van der Waals surface area (Å²) in [7, 11) is 1.54. The minimum Gasteiger partial charge on any atom is -0.495 e. The third-order valence-electron chi connectivity index (χ3n) is 3.59. The molecule has 3 aromatic rings. The van der Waals surface area contributed by atoms with Gasteiger partial charge >= 0.3 is 0 Å². The van der Waals surface area contributed by atoms with Crippen molar-refractivity contribution in [2.45, 2.75) is 17.3 Å². The molecular formula is C18H14ClN3O2S. The highest BCUT2D eigenvalue weighted by Crippen LogP contribution is 2.29. The summed E-state index contributed by atoms with van der Waals surface area (Å²) in [4.78, 5) is 17.7. The van der Waals surface area contributed by atoms with Crippen LogP contribution < -0.4 is 10.3 Å². The molecule has 25 heavy (non-hydrogen) atoms. The maximum absolute atomic E-state index is 13.1. The highest BCUT2D eigenvalue weighted by Gasteiger charge is 2.18. The molecule has 0 N–H and O–H groups in total. The van der Waals surface area contributed by atoms with E-state index in [1.807, 2.05) is 12.1 Å². The van der Waals surface area contributed by atoms with E-state index in [0.29, 0.717) is 32.5 Å². The van der Waals surface area contributed by atoms with Gasteiger partial charge < -0.3 is 4.74 Å². The fraction of sp³-hybridized carbons (Fsp3) is 0.167. The molecule has 0 saturated carbocycles. The van der Waals surface area contributed by atoms with E-state index in [4.69, 9.17) is 21.6 Å². The average Bonchev–Trinajstić information content (AvgIpc) is 2.61. The van der Waals surface area contributed by atoms with Crippen LogP contribution in [0.3, 0.4) is 0 Å². The lowest BCUT2D eigenvalue weighted by molar-refractivity contribution is 0.411. The number of para-hydroxylation sites is 2. The monoisotopic (exact) mass is 371 g/mol. The predicted octanol–water partition coefficient (Wildman–Crippen LogP) is 4.05. The molecule has 0 bridgehead atoms. The van der Waals surface area contributed by atoms with Gasteiger partial charge in [-0.1, -0.05) is 35.5 Å². The molecule has 0 fully saturated rings. The first-order chi connectivity index (χ1) is 12.0. The topological polar surface area (TPSA) is 67.9 Å². The quantitative estimate of drug-likeness (QED) is 0.511. The van der Waals surface area contributed by atoms with Gasteiger partial charge in [-0.2, -0.15) is 5.26 Å². The highest BCUT2D eigenvalue weighted by molar-refractivity contribution is 8.00. The normalized spacial score (nSPS) is 11.9. The van der Waals surface area contributed by atoms with Crippen LogP contribution in [-0.4, -0.2) is 21.9 Å². The van der Waals surface area contributed by atoms with Crippen molar-refractivity contribution in [2.24, 2.45) is 0 Å². The van der Waals surface area contributed by atoms with Gasteiger partial charge in [0.15, 0.2) is 5.16 Å².